The molecule has 0 radical (unpaired) electrons. The topological polar surface area (TPSA) is 72.7 Å². The quantitative estimate of drug-likeness (QED) is 0.535. The minimum Gasteiger partial charge on any atom is -0.296 e. The fourth-order valence-electron chi connectivity index (χ4n) is 2.52. The van der Waals surface area contributed by atoms with Gasteiger partial charge in [-0.3, -0.25) is 10.1 Å². The standard InChI is InChI=1S/C17H11Cl2N5OS/c1-9-14(22-23-24(9)15-10(18)5-4-6-11(15)19)16(25)21-17-20-12-7-2-3-8-13(12)26-17/h2-8H,1H3,(H,20,21,25). The number of hydrogen-bond acceptors (Lipinski definition) is 5. The Hall–Kier alpha value is -2.48. The third kappa shape index (κ3) is 2.94. The predicted molar refractivity (Wildman–Crippen MR) is 104 cm³/mol. The van der Waals surface area contributed by atoms with Crippen LogP contribution in [0.25, 0.3) is 15.9 Å². The van der Waals surface area contributed by atoms with Crippen LogP contribution in [-0.2, 0) is 0 Å². The summed E-state index contributed by atoms with van der Waals surface area (Å²) in [4.78, 5) is 17.0. The second-order valence-corrected chi connectivity index (χ2v) is 7.29. The molecule has 0 unspecified atom stereocenters. The molecule has 1 N–H and O–H groups in total. The number of carbonyl (C=O) groups excluding carboxylic acids is 1. The second kappa shape index (κ2) is 6.68. The lowest BCUT2D eigenvalue weighted by Crippen LogP contribution is -2.14. The number of hydrogen-bond donors (Lipinski definition) is 1. The molecule has 0 fully saturated rings. The van der Waals surface area contributed by atoms with Crippen LogP contribution < -0.4 is 5.32 Å². The number of amides is 1. The molecule has 2 aromatic heterocycles. The number of halogens is 2. The van der Waals surface area contributed by atoms with Crippen LogP contribution in [-0.4, -0.2) is 25.9 Å². The van der Waals surface area contributed by atoms with Crippen LogP contribution >= 0.6 is 34.5 Å². The lowest BCUT2D eigenvalue weighted by molar-refractivity contribution is 0.102. The second-order valence-electron chi connectivity index (χ2n) is 5.45. The molecule has 2 aromatic carbocycles. The summed E-state index contributed by atoms with van der Waals surface area (Å²) in [5.74, 6) is -0.393. The number of fused-ring (bicyclic) bond motifs is 1. The van der Waals surface area contributed by atoms with E-state index in [2.05, 4.69) is 20.6 Å². The van der Waals surface area contributed by atoms with Crippen molar-refractivity contribution in [1.82, 2.24) is 20.0 Å². The minimum atomic E-state index is -0.393. The number of rotatable bonds is 3. The Kier molecular flexibility index (Phi) is 4.36. The van der Waals surface area contributed by atoms with E-state index >= 15 is 0 Å². The largest absolute Gasteiger partial charge is 0.296 e. The molecule has 0 aliphatic rings. The zero-order chi connectivity index (χ0) is 18.3. The Bertz CT molecular complexity index is 1080. The van der Waals surface area contributed by atoms with Gasteiger partial charge in [0, 0.05) is 0 Å². The van der Waals surface area contributed by atoms with Gasteiger partial charge in [-0.25, -0.2) is 9.67 Å². The van der Waals surface area contributed by atoms with Crippen molar-refractivity contribution in [1.29, 1.82) is 0 Å². The van der Waals surface area contributed by atoms with Gasteiger partial charge in [-0.1, -0.05) is 58.0 Å². The summed E-state index contributed by atoms with van der Waals surface area (Å²) in [5.41, 5.74) is 2.02. The van der Waals surface area contributed by atoms with Gasteiger partial charge in [-0.05, 0) is 31.2 Å². The van der Waals surface area contributed by atoms with E-state index in [-0.39, 0.29) is 5.69 Å². The predicted octanol–water partition coefficient (Wildman–Crippen LogP) is 4.74. The fraction of sp³-hybridized carbons (Fsp3) is 0.0588. The van der Waals surface area contributed by atoms with E-state index in [9.17, 15) is 4.79 Å². The maximum atomic E-state index is 12.6. The van der Waals surface area contributed by atoms with Gasteiger partial charge >= 0.3 is 0 Å². The van der Waals surface area contributed by atoms with Gasteiger partial charge in [-0.2, -0.15) is 0 Å². The molecular weight excluding hydrogens is 393 g/mol. The van der Waals surface area contributed by atoms with E-state index in [0.717, 1.165) is 10.2 Å². The van der Waals surface area contributed by atoms with Crippen molar-refractivity contribution in [3.8, 4) is 5.69 Å². The van der Waals surface area contributed by atoms with E-state index in [1.807, 2.05) is 24.3 Å². The molecule has 0 atom stereocenters. The summed E-state index contributed by atoms with van der Waals surface area (Å²) >= 11 is 13.8. The maximum absolute atomic E-state index is 12.6. The molecule has 0 aliphatic carbocycles. The highest BCUT2D eigenvalue weighted by Crippen LogP contribution is 2.29. The molecular formula is C17H11Cl2N5OS. The number of nitrogens with one attached hydrogen (secondary N) is 1. The molecule has 9 heteroatoms. The smallest absolute Gasteiger partial charge is 0.279 e. The Balaban J connectivity index is 1.66. The first kappa shape index (κ1) is 17.0. The van der Waals surface area contributed by atoms with Crippen molar-refractivity contribution in [2.75, 3.05) is 5.32 Å². The molecule has 26 heavy (non-hydrogen) atoms. The molecule has 4 rings (SSSR count). The summed E-state index contributed by atoms with van der Waals surface area (Å²) in [7, 11) is 0. The monoisotopic (exact) mass is 403 g/mol. The number of aromatic nitrogens is 4. The molecule has 4 aromatic rings. The van der Waals surface area contributed by atoms with Crippen LogP contribution in [0.1, 0.15) is 16.2 Å². The molecule has 0 spiro atoms. The summed E-state index contributed by atoms with van der Waals surface area (Å²) in [6, 6.07) is 12.8. The Morgan fingerprint density at radius 2 is 1.85 bits per heavy atom. The summed E-state index contributed by atoms with van der Waals surface area (Å²) in [5, 5.41) is 12.1. The van der Waals surface area contributed by atoms with Crippen LogP contribution in [0.5, 0.6) is 0 Å². The van der Waals surface area contributed by atoms with Gasteiger partial charge in [0.25, 0.3) is 5.91 Å². The number of para-hydroxylation sites is 2. The number of nitrogens with zero attached hydrogens (tertiary/aromatic N) is 4. The Labute approximate surface area is 162 Å². The Morgan fingerprint density at radius 1 is 1.12 bits per heavy atom. The molecule has 2 heterocycles. The lowest BCUT2D eigenvalue weighted by atomic mass is 10.3. The van der Waals surface area contributed by atoms with Crippen molar-refractivity contribution >= 4 is 55.8 Å². The van der Waals surface area contributed by atoms with E-state index in [1.54, 1.807) is 25.1 Å². The molecule has 130 valence electrons. The summed E-state index contributed by atoms with van der Waals surface area (Å²) < 4.78 is 2.45. The van der Waals surface area contributed by atoms with Crippen molar-refractivity contribution in [2.24, 2.45) is 0 Å². The van der Waals surface area contributed by atoms with Crippen LogP contribution in [0.4, 0.5) is 5.13 Å². The lowest BCUT2D eigenvalue weighted by Gasteiger charge is -2.08. The zero-order valence-corrected chi connectivity index (χ0v) is 15.7. The minimum absolute atomic E-state index is 0.181. The van der Waals surface area contributed by atoms with Crippen molar-refractivity contribution in [3.05, 3.63) is 63.9 Å². The number of thiazole rings is 1. The van der Waals surface area contributed by atoms with E-state index in [0.29, 0.717) is 26.6 Å². The SMILES string of the molecule is Cc1c(C(=O)Nc2nc3ccccc3s2)nnn1-c1c(Cl)cccc1Cl. The van der Waals surface area contributed by atoms with E-state index in [4.69, 9.17) is 23.2 Å². The summed E-state index contributed by atoms with van der Waals surface area (Å²) in [6.45, 7) is 1.73. The summed E-state index contributed by atoms with van der Waals surface area (Å²) in [6.07, 6.45) is 0. The van der Waals surface area contributed by atoms with E-state index in [1.165, 1.54) is 16.0 Å². The maximum Gasteiger partial charge on any atom is 0.279 e. The van der Waals surface area contributed by atoms with Gasteiger partial charge in [0.2, 0.25) is 0 Å². The third-order valence-electron chi connectivity index (χ3n) is 3.77. The van der Waals surface area contributed by atoms with Crippen LogP contribution in [0.3, 0.4) is 0 Å². The van der Waals surface area contributed by atoms with Crippen LogP contribution in [0, 0.1) is 6.92 Å². The Morgan fingerprint density at radius 3 is 2.58 bits per heavy atom. The normalized spacial score (nSPS) is 11.0. The molecule has 0 aliphatic heterocycles. The highest BCUT2D eigenvalue weighted by atomic mass is 35.5. The van der Waals surface area contributed by atoms with Crippen molar-refractivity contribution in [2.45, 2.75) is 6.92 Å². The average Bonchev–Trinajstić information content (AvgIpc) is 3.18. The molecule has 1 amide bonds. The first-order valence-electron chi connectivity index (χ1n) is 7.58. The molecule has 6 nitrogen and oxygen atoms in total. The van der Waals surface area contributed by atoms with Crippen LogP contribution in [0.2, 0.25) is 10.0 Å². The van der Waals surface area contributed by atoms with Crippen molar-refractivity contribution in [3.63, 3.8) is 0 Å². The number of anilines is 1. The number of carbonyl (C=O) groups is 1. The highest BCUT2D eigenvalue weighted by molar-refractivity contribution is 7.22. The van der Waals surface area contributed by atoms with Crippen molar-refractivity contribution < 1.29 is 4.79 Å². The van der Waals surface area contributed by atoms with Gasteiger partial charge in [0.15, 0.2) is 10.8 Å². The first-order valence-corrected chi connectivity index (χ1v) is 9.15. The van der Waals surface area contributed by atoms with Gasteiger partial charge < -0.3 is 0 Å². The zero-order valence-electron chi connectivity index (χ0n) is 13.4. The first-order chi connectivity index (χ1) is 12.5. The molecule has 0 bridgehead atoms. The van der Waals surface area contributed by atoms with E-state index < -0.39 is 5.91 Å². The average molecular weight is 404 g/mol. The molecule has 0 saturated heterocycles. The van der Waals surface area contributed by atoms with Gasteiger partial charge in [-0.15, -0.1) is 5.10 Å². The van der Waals surface area contributed by atoms with Gasteiger partial charge in [0.05, 0.1) is 26.0 Å². The number of benzene rings is 2. The fourth-order valence-corrected chi connectivity index (χ4v) is 3.94. The highest BCUT2D eigenvalue weighted by Gasteiger charge is 2.21. The van der Waals surface area contributed by atoms with Crippen LogP contribution in [0.15, 0.2) is 42.5 Å². The molecule has 0 saturated carbocycles. The van der Waals surface area contributed by atoms with Gasteiger partial charge in [0.1, 0.15) is 5.69 Å². The third-order valence-corrected chi connectivity index (χ3v) is 5.34.